The highest BCUT2D eigenvalue weighted by molar-refractivity contribution is 5.73. The van der Waals surface area contributed by atoms with E-state index in [9.17, 15) is 4.79 Å². The zero-order chi connectivity index (χ0) is 12.1. The van der Waals surface area contributed by atoms with Crippen LogP contribution in [-0.2, 0) is 17.8 Å². The predicted molar refractivity (Wildman–Crippen MR) is 61.3 cm³/mol. The van der Waals surface area contributed by atoms with E-state index in [0.717, 1.165) is 11.3 Å². The second kappa shape index (κ2) is 5.31. The maximum absolute atomic E-state index is 11.1. The molecule has 0 spiro atoms. The van der Waals surface area contributed by atoms with Gasteiger partial charge >= 0.3 is 5.97 Å². The minimum absolute atomic E-state index is 0.389. The van der Waals surface area contributed by atoms with Gasteiger partial charge in [-0.25, -0.2) is 4.98 Å². The summed E-state index contributed by atoms with van der Waals surface area (Å²) in [4.78, 5) is 20.8. The number of nitrogens with zero attached hydrogens (tertiary/aromatic N) is 1. The number of carbonyl (C=O) groups is 1. The molecule has 0 aliphatic carbocycles. The first-order valence-electron chi connectivity index (χ1n) is 5.31. The second-order valence-electron chi connectivity index (χ2n) is 3.77. The molecule has 2 aromatic rings. The molecule has 0 bridgehead atoms. The molecule has 6 nitrogen and oxygen atoms in total. The molecule has 2 rings (SSSR count). The van der Waals surface area contributed by atoms with Gasteiger partial charge in [-0.1, -0.05) is 0 Å². The fourth-order valence-corrected chi connectivity index (χ4v) is 1.57. The molecule has 0 radical (unpaired) electrons. The van der Waals surface area contributed by atoms with E-state index in [1.165, 1.54) is 0 Å². The van der Waals surface area contributed by atoms with Gasteiger partial charge in [0.1, 0.15) is 6.04 Å². The van der Waals surface area contributed by atoms with Crippen molar-refractivity contribution in [3.8, 4) is 0 Å². The van der Waals surface area contributed by atoms with E-state index in [1.807, 2.05) is 18.5 Å². The van der Waals surface area contributed by atoms with E-state index in [2.05, 4.69) is 20.3 Å². The number of nitrogens with one attached hydrogen (secondary N) is 3. The molecule has 0 aromatic carbocycles. The zero-order valence-corrected chi connectivity index (χ0v) is 9.18. The van der Waals surface area contributed by atoms with Crippen LogP contribution in [-0.4, -0.2) is 32.1 Å². The van der Waals surface area contributed by atoms with Crippen LogP contribution in [0.2, 0.25) is 0 Å². The summed E-state index contributed by atoms with van der Waals surface area (Å²) >= 11 is 0. The topological polar surface area (TPSA) is 93.8 Å². The molecule has 0 saturated carbocycles. The van der Waals surface area contributed by atoms with Crippen molar-refractivity contribution in [1.29, 1.82) is 0 Å². The molecule has 0 unspecified atom stereocenters. The standard InChI is InChI=1S/C11H14N4O2/c16-11(17)10(3-9-6-13-7-15-9)14-5-8-1-2-12-4-8/h1-2,4,6-7,10,12,14H,3,5H2,(H,13,15)(H,16,17)/t10-/m0/s1. The van der Waals surface area contributed by atoms with Crippen molar-refractivity contribution in [3.05, 3.63) is 42.2 Å². The molecular weight excluding hydrogens is 220 g/mol. The Morgan fingerprint density at radius 3 is 3.06 bits per heavy atom. The summed E-state index contributed by atoms with van der Waals surface area (Å²) in [6, 6.07) is 1.28. The average molecular weight is 234 g/mol. The van der Waals surface area contributed by atoms with Crippen molar-refractivity contribution in [3.63, 3.8) is 0 Å². The van der Waals surface area contributed by atoms with Gasteiger partial charge in [0.05, 0.1) is 6.33 Å². The fraction of sp³-hybridized carbons (Fsp3) is 0.273. The largest absolute Gasteiger partial charge is 0.480 e. The van der Waals surface area contributed by atoms with E-state index < -0.39 is 12.0 Å². The second-order valence-corrected chi connectivity index (χ2v) is 3.77. The Bertz CT molecular complexity index is 450. The molecule has 0 saturated heterocycles. The monoisotopic (exact) mass is 234 g/mol. The number of aromatic amines is 2. The summed E-state index contributed by atoms with van der Waals surface area (Å²) < 4.78 is 0. The quantitative estimate of drug-likeness (QED) is 0.586. The van der Waals surface area contributed by atoms with Crippen LogP contribution in [0.25, 0.3) is 0 Å². The van der Waals surface area contributed by atoms with Crippen LogP contribution in [0.4, 0.5) is 0 Å². The minimum Gasteiger partial charge on any atom is -0.480 e. The van der Waals surface area contributed by atoms with Crippen LogP contribution < -0.4 is 5.32 Å². The molecule has 2 aromatic heterocycles. The summed E-state index contributed by atoms with van der Waals surface area (Å²) in [5.74, 6) is -0.866. The zero-order valence-electron chi connectivity index (χ0n) is 9.18. The van der Waals surface area contributed by atoms with Crippen LogP contribution in [0.3, 0.4) is 0 Å². The van der Waals surface area contributed by atoms with Crippen LogP contribution in [0.1, 0.15) is 11.3 Å². The van der Waals surface area contributed by atoms with Crippen molar-refractivity contribution in [1.82, 2.24) is 20.3 Å². The van der Waals surface area contributed by atoms with Gasteiger partial charge in [-0.2, -0.15) is 0 Å². The fourth-order valence-electron chi connectivity index (χ4n) is 1.57. The Balaban J connectivity index is 1.91. The SMILES string of the molecule is O=C(O)[C@H](Cc1cnc[nH]1)NCc1cc[nH]c1. The van der Waals surface area contributed by atoms with E-state index >= 15 is 0 Å². The summed E-state index contributed by atoms with van der Waals surface area (Å²) in [5.41, 5.74) is 1.83. The highest BCUT2D eigenvalue weighted by Gasteiger charge is 2.17. The molecule has 90 valence electrons. The minimum atomic E-state index is -0.866. The van der Waals surface area contributed by atoms with Gasteiger partial charge in [0.25, 0.3) is 0 Å². The lowest BCUT2D eigenvalue weighted by Gasteiger charge is -2.12. The number of rotatable bonds is 6. The van der Waals surface area contributed by atoms with Crippen molar-refractivity contribution in [2.45, 2.75) is 19.0 Å². The van der Waals surface area contributed by atoms with Crippen molar-refractivity contribution < 1.29 is 9.90 Å². The highest BCUT2D eigenvalue weighted by atomic mass is 16.4. The van der Waals surface area contributed by atoms with Crippen LogP contribution in [0.5, 0.6) is 0 Å². The van der Waals surface area contributed by atoms with Crippen molar-refractivity contribution >= 4 is 5.97 Å². The average Bonchev–Trinajstić information content (AvgIpc) is 2.97. The Hall–Kier alpha value is -2.08. The Morgan fingerprint density at radius 1 is 1.59 bits per heavy atom. The normalized spacial score (nSPS) is 12.5. The van der Waals surface area contributed by atoms with Gasteiger partial charge < -0.3 is 15.1 Å². The summed E-state index contributed by atoms with van der Waals surface area (Å²) in [6.45, 7) is 0.522. The number of carboxylic acid groups (broad SMARTS) is 1. The van der Waals surface area contributed by atoms with Gasteiger partial charge in [-0.05, 0) is 11.6 Å². The van der Waals surface area contributed by atoms with Gasteiger partial charge in [0.2, 0.25) is 0 Å². The first-order chi connectivity index (χ1) is 8.25. The lowest BCUT2D eigenvalue weighted by atomic mass is 10.1. The molecule has 4 N–H and O–H groups in total. The number of H-pyrrole nitrogens is 2. The van der Waals surface area contributed by atoms with Crippen LogP contribution >= 0.6 is 0 Å². The number of imidazole rings is 1. The van der Waals surface area contributed by atoms with E-state index in [1.54, 1.807) is 12.5 Å². The van der Waals surface area contributed by atoms with Crippen molar-refractivity contribution in [2.24, 2.45) is 0 Å². The summed E-state index contributed by atoms with van der Waals surface area (Å²) in [6.07, 6.45) is 7.21. The molecule has 1 atom stereocenters. The molecule has 0 aliphatic heterocycles. The lowest BCUT2D eigenvalue weighted by molar-refractivity contribution is -0.139. The highest BCUT2D eigenvalue weighted by Crippen LogP contribution is 2.01. The van der Waals surface area contributed by atoms with Crippen LogP contribution in [0.15, 0.2) is 31.0 Å². The van der Waals surface area contributed by atoms with E-state index in [0.29, 0.717) is 13.0 Å². The summed E-state index contributed by atoms with van der Waals surface area (Å²) in [5, 5.41) is 12.1. The van der Waals surface area contributed by atoms with Gasteiger partial charge in [0, 0.05) is 37.3 Å². The van der Waals surface area contributed by atoms with Crippen molar-refractivity contribution in [2.75, 3.05) is 0 Å². The van der Waals surface area contributed by atoms with Gasteiger partial charge in [-0.15, -0.1) is 0 Å². The molecular formula is C11H14N4O2. The Morgan fingerprint density at radius 2 is 2.47 bits per heavy atom. The third-order valence-electron chi connectivity index (χ3n) is 2.49. The third kappa shape index (κ3) is 3.18. The molecule has 2 heterocycles. The summed E-state index contributed by atoms with van der Waals surface area (Å²) in [7, 11) is 0. The number of hydrogen-bond acceptors (Lipinski definition) is 3. The molecule has 0 fully saturated rings. The van der Waals surface area contributed by atoms with E-state index in [-0.39, 0.29) is 0 Å². The maximum Gasteiger partial charge on any atom is 0.321 e. The Labute approximate surface area is 98.1 Å². The predicted octanol–water partition coefficient (Wildman–Crippen LogP) is 0.523. The number of aliphatic carboxylic acids is 1. The first kappa shape index (κ1) is 11.4. The van der Waals surface area contributed by atoms with Crippen LogP contribution in [0, 0.1) is 0 Å². The van der Waals surface area contributed by atoms with Gasteiger partial charge in [0.15, 0.2) is 0 Å². The lowest BCUT2D eigenvalue weighted by Crippen LogP contribution is -2.38. The third-order valence-corrected chi connectivity index (χ3v) is 2.49. The molecule has 0 aliphatic rings. The molecule has 17 heavy (non-hydrogen) atoms. The number of aromatic nitrogens is 3. The number of carboxylic acids is 1. The Kier molecular flexibility index (Phi) is 3.56. The van der Waals surface area contributed by atoms with E-state index in [4.69, 9.17) is 5.11 Å². The number of hydrogen-bond donors (Lipinski definition) is 4. The maximum atomic E-state index is 11.1. The smallest absolute Gasteiger partial charge is 0.321 e. The first-order valence-corrected chi connectivity index (χ1v) is 5.31. The molecule has 6 heteroatoms. The molecule has 0 amide bonds. The van der Waals surface area contributed by atoms with Gasteiger partial charge in [-0.3, -0.25) is 10.1 Å².